The molecule has 1 aromatic carbocycles. The van der Waals surface area contributed by atoms with Gasteiger partial charge in [0.2, 0.25) is 0 Å². The quantitative estimate of drug-likeness (QED) is 0.720. The Morgan fingerprint density at radius 1 is 1.23 bits per heavy atom. The number of rotatable bonds is 5. The normalized spacial score (nSPS) is 10.0. The second kappa shape index (κ2) is 6.03. The van der Waals surface area contributed by atoms with Gasteiger partial charge in [0.15, 0.2) is 0 Å². The number of hydrogen-bond acceptors (Lipinski definition) is 1. The van der Waals surface area contributed by atoms with E-state index in [4.69, 9.17) is 4.74 Å². The average molecular weight is 243 g/mol. The van der Waals surface area contributed by atoms with Gasteiger partial charge in [0.05, 0.1) is 6.61 Å². The van der Waals surface area contributed by atoms with Gasteiger partial charge < -0.3 is 4.74 Å². The number of aryl methyl sites for hydroxylation is 1. The lowest BCUT2D eigenvalue weighted by Gasteiger charge is -2.03. The van der Waals surface area contributed by atoms with E-state index in [-0.39, 0.29) is 0 Å². The Labute approximate surface area is 88.2 Å². The van der Waals surface area contributed by atoms with E-state index in [0.717, 1.165) is 24.1 Å². The number of benzene rings is 1. The maximum atomic E-state index is 5.36. The summed E-state index contributed by atoms with van der Waals surface area (Å²) in [6, 6.07) is 8.33. The molecular weight excluding hydrogens is 228 g/mol. The van der Waals surface area contributed by atoms with Gasteiger partial charge in [-0.3, -0.25) is 0 Å². The molecule has 0 aromatic heterocycles. The molecule has 2 heteroatoms. The van der Waals surface area contributed by atoms with Crippen LogP contribution in [0.15, 0.2) is 24.3 Å². The molecule has 0 spiro atoms. The van der Waals surface area contributed by atoms with Crippen molar-refractivity contribution in [2.75, 3.05) is 11.9 Å². The zero-order valence-corrected chi connectivity index (χ0v) is 9.51. The van der Waals surface area contributed by atoms with Crippen LogP contribution in [0.3, 0.4) is 0 Å². The van der Waals surface area contributed by atoms with E-state index >= 15 is 0 Å². The maximum absolute atomic E-state index is 5.36. The van der Waals surface area contributed by atoms with Gasteiger partial charge in [-0.05, 0) is 37.5 Å². The van der Waals surface area contributed by atoms with Crippen LogP contribution in [0.25, 0.3) is 0 Å². The standard InChI is InChI=1S/C11H15BrO/c1-2-13-11-7-5-10(6-8-11)4-3-9-12/h5-8H,2-4,9H2,1H3. The van der Waals surface area contributed by atoms with Crippen LogP contribution in [0.5, 0.6) is 5.75 Å². The van der Waals surface area contributed by atoms with Crippen LogP contribution in [0.1, 0.15) is 18.9 Å². The summed E-state index contributed by atoms with van der Waals surface area (Å²) in [6.07, 6.45) is 2.33. The molecule has 0 amide bonds. The molecule has 0 aliphatic carbocycles. The number of halogens is 1. The van der Waals surface area contributed by atoms with E-state index in [1.54, 1.807) is 0 Å². The Balaban J connectivity index is 2.48. The lowest BCUT2D eigenvalue weighted by molar-refractivity contribution is 0.340. The molecule has 0 atom stereocenters. The highest BCUT2D eigenvalue weighted by Gasteiger charge is 1.94. The zero-order chi connectivity index (χ0) is 9.52. The smallest absolute Gasteiger partial charge is 0.119 e. The van der Waals surface area contributed by atoms with Gasteiger partial charge in [-0.15, -0.1) is 0 Å². The molecule has 1 nitrogen and oxygen atoms in total. The maximum Gasteiger partial charge on any atom is 0.119 e. The van der Waals surface area contributed by atoms with E-state index < -0.39 is 0 Å². The Morgan fingerprint density at radius 2 is 1.92 bits per heavy atom. The summed E-state index contributed by atoms with van der Waals surface area (Å²) in [5, 5.41) is 1.07. The van der Waals surface area contributed by atoms with E-state index in [0.29, 0.717) is 0 Å². The second-order valence-electron chi connectivity index (χ2n) is 2.87. The first-order chi connectivity index (χ1) is 6.36. The van der Waals surface area contributed by atoms with Crippen molar-refractivity contribution in [3.63, 3.8) is 0 Å². The minimum absolute atomic E-state index is 0.737. The fourth-order valence-electron chi connectivity index (χ4n) is 1.19. The predicted octanol–water partition coefficient (Wildman–Crippen LogP) is 3.41. The molecule has 0 bridgehead atoms. The van der Waals surface area contributed by atoms with Crippen LogP contribution in [-0.4, -0.2) is 11.9 Å². The minimum atomic E-state index is 0.737. The molecule has 0 saturated carbocycles. The van der Waals surface area contributed by atoms with Gasteiger partial charge in [0.25, 0.3) is 0 Å². The molecule has 0 unspecified atom stereocenters. The fourth-order valence-corrected chi connectivity index (χ4v) is 1.47. The van der Waals surface area contributed by atoms with Crippen LogP contribution in [-0.2, 0) is 6.42 Å². The summed E-state index contributed by atoms with van der Waals surface area (Å²) >= 11 is 3.42. The van der Waals surface area contributed by atoms with Gasteiger partial charge in [0.1, 0.15) is 5.75 Å². The third-order valence-corrected chi connectivity index (χ3v) is 2.39. The van der Waals surface area contributed by atoms with Gasteiger partial charge in [-0.2, -0.15) is 0 Å². The minimum Gasteiger partial charge on any atom is -0.494 e. The Hall–Kier alpha value is -0.500. The van der Waals surface area contributed by atoms with Crippen molar-refractivity contribution >= 4 is 15.9 Å². The van der Waals surface area contributed by atoms with E-state index in [1.807, 2.05) is 19.1 Å². The summed E-state index contributed by atoms with van der Waals surface area (Å²) in [6.45, 7) is 2.74. The second-order valence-corrected chi connectivity index (χ2v) is 3.66. The first-order valence-corrected chi connectivity index (χ1v) is 5.76. The zero-order valence-electron chi connectivity index (χ0n) is 7.92. The molecule has 1 aromatic rings. The van der Waals surface area contributed by atoms with Gasteiger partial charge in [0, 0.05) is 5.33 Å². The summed E-state index contributed by atoms with van der Waals surface area (Å²) in [4.78, 5) is 0. The summed E-state index contributed by atoms with van der Waals surface area (Å²) in [5.41, 5.74) is 1.38. The van der Waals surface area contributed by atoms with E-state index in [1.165, 1.54) is 12.0 Å². The van der Waals surface area contributed by atoms with Crippen molar-refractivity contribution in [3.8, 4) is 5.75 Å². The van der Waals surface area contributed by atoms with Crippen molar-refractivity contribution in [3.05, 3.63) is 29.8 Å². The third-order valence-electron chi connectivity index (χ3n) is 1.83. The Morgan fingerprint density at radius 3 is 2.46 bits per heavy atom. The molecule has 0 N–H and O–H groups in total. The first-order valence-electron chi connectivity index (χ1n) is 4.64. The van der Waals surface area contributed by atoms with Gasteiger partial charge in [-0.1, -0.05) is 28.1 Å². The third kappa shape index (κ3) is 3.81. The molecule has 0 aliphatic heterocycles. The van der Waals surface area contributed by atoms with Crippen LogP contribution >= 0.6 is 15.9 Å². The van der Waals surface area contributed by atoms with E-state index in [2.05, 4.69) is 28.1 Å². The SMILES string of the molecule is CCOc1ccc(CCCBr)cc1. The molecule has 1 rings (SSSR count). The molecule has 13 heavy (non-hydrogen) atoms. The molecule has 0 fully saturated rings. The number of alkyl halides is 1. The first kappa shape index (κ1) is 10.6. The summed E-state index contributed by atoms with van der Waals surface area (Å²) in [7, 11) is 0. The molecule has 0 heterocycles. The van der Waals surface area contributed by atoms with Crippen molar-refractivity contribution in [1.82, 2.24) is 0 Å². The molecule has 72 valence electrons. The molecule has 0 radical (unpaired) electrons. The van der Waals surface area contributed by atoms with Crippen molar-refractivity contribution < 1.29 is 4.74 Å². The lowest BCUT2D eigenvalue weighted by atomic mass is 10.1. The predicted molar refractivity (Wildman–Crippen MR) is 59.7 cm³/mol. The molecule has 0 aliphatic rings. The monoisotopic (exact) mass is 242 g/mol. The number of ether oxygens (including phenoxy) is 1. The Kier molecular flexibility index (Phi) is 4.91. The Bertz CT molecular complexity index is 230. The molecular formula is C11H15BrO. The number of hydrogen-bond donors (Lipinski definition) is 0. The average Bonchev–Trinajstić information content (AvgIpc) is 2.17. The van der Waals surface area contributed by atoms with Crippen molar-refractivity contribution in [2.24, 2.45) is 0 Å². The van der Waals surface area contributed by atoms with Crippen LogP contribution < -0.4 is 4.74 Å². The van der Waals surface area contributed by atoms with Crippen LogP contribution in [0.2, 0.25) is 0 Å². The highest BCUT2D eigenvalue weighted by molar-refractivity contribution is 9.09. The topological polar surface area (TPSA) is 9.23 Å². The van der Waals surface area contributed by atoms with Crippen LogP contribution in [0, 0.1) is 0 Å². The van der Waals surface area contributed by atoms with Crippen molar-refractivity contribution in [2.45, 2.75) is 19.8 Å². The van der Waals surface area contributed by atoms with Gasteiger partial charge >= 0.3 is 0 Å². The van der Waals surface area contributed by atoms with E-state index in [9.17, 15) is 0 Å². The largest absolute Gasteiger partial charge is 0.494 e. The summed E-state index contributed by atoms with van der Waals surface area (Å²) < 4.78 is 5.36. The van der Waals surface area contributed by atoms with Crippen LogP contribution in [0.4, 0.5) is 0 Å². The highest BCUT2D eigenvalue weighted by Crippen LogP contribution is 2.13. The van der Waals surface area contributed by atoms with Crippen molar-refractivity contribution in [1.29, 1.82) is 0 Å². The summed E-state index contributed by atoms with van der Waals surface area (Å²) in [5.74, 6) is 0.963. The highest BCUT2D eigenvalue weighted by atomic mass is 79.9. The van der Waals surface area contributed by atoms with Gasteiger partial charge in [-0.25, -0.2) is 0 Å². The fraction of sp³-hybridized carbons (Fsp3) is 0.455. The lowest BCUT2D eigenvalue weighted by Crippen LogP contribution is -1.91. The molecule has 0 saturated heterocycles.